The van der Waals surface area contributed by atoms with Gasteiger partial charge in [-0.15, -0.1) is 0 Å². The van der Waals surface area contributed by atoms with Crippen LogP contribution in [0, 0.1) is 5.82 Å². The lowest BCUT2D eigenvalue weighted by Gasteiger charge is -2.24. The number of benzene rings is 2. The second-order valence-electron chi connectivity index (χ2n) is 5.16. The molecule has 0 unspecified atom stereocenters. The highest BCUT2D eigenvalue weighted by Gasteiger charge is 2.18. The van der Waals surface area contributed by atoms with Crippen LogP contribution in [-0.4, -0.2) is 24.2 Å². The summed E-state index contributed by atoms with van der Waals surface area (Å²) in [6.07, 6.45) is 0.328. The lowest BCUT2D eigenvalue weighted by molar-refractivity contribution is -0.183. The van der Waals surface area contributed by atoms with Crippen molar-refractivity contribution in [2.24, 2.45) is 0 Å². The summed E-state index contributed by atoms with van der Waals surface area (Å²) in [4.78, 5) is 12.2. The third-order valence-corrected chi connectivity index (χ3v) is 3.47. The highest BCUT2D eigenvalue weighted by atomic mass is 19.1. The molecule has 1 amide bonds. The van der Waals surface area contributed by atoms with E-state index in [-0.39, 0.29) is 11.4 Å². The van der Waals surface area contributed by atoms with E-state index in [1.165, 1.54) is 30.3 Å². The third-order valence-electron chi connectivity index (χ3n) is 3.47. The van der Waals surface area contributed by atoms with Crippen molar-refractivity contribution in [3.8, 4) is 5.75 Å². The van der Waals surface area contributed by atoms with E-state index in [0.717, 1.165) is 6.42 Å². The Balaban J connectivity index is 1.78. The summed E-state index contributed by atoms with van der Waals surface area (Å²) in [5, 5.41) is 12.5. The average Bonchev–Trinajstić information content (AvgIpc) is 2.58. The van der Waals surface area contributed by atoms with E-state index < -0.39 is 18.0 Å². The molecule has 1 saturated heterocycles. The smallest absolute Gasteiger partial charge is 0.255 e. The number of amides is 1. The number of hydrogen-bond donors (Lipinski definition) is 2. The Hall–Kier alpha value is -2.44. The molecule has 1 fully saturated rings. The number of halogens is 1. The van der Waals surface area contributed by atoms with Crippen LogP contribution in [-0.2, 0) is 9.47 Å². The monoisotopic (exact) mass is 317 g/mol. The van der Waals surface area contributed by atoms with Crippen molar-refractivity contribution < 1.29 is 23.8 Å². The van der Waals surface area contributed by atoms with Crippen LogP contribution in [0.4, 0.5) is 10.1 Å². The molecule has 1 aliphatic heterocycles. The highest BCUT2D eigenvalue weighted by Crippen LogP contribution is 2.30. The maximum absolute atomic E-state index is 12.9. The van der Waals surface area contributed by atoms with Crippen LogP contribution in [0.2, 0.25) is 0 Å². The minimum Gasteiger partial charge on any atom is -0.506 e. The van der Waals surface area contributed by atoms with Gasteiger partial charge in [0.1, 0.15) is 11.6 Å². The molecule has 3 rings (SSSR count). The molecule has 0 aromatic heterocycles. The second kappa shape index (κ2) is 6.76. The van der Waals surface area contributed by atoms with E-state index in [4.69, 9.17) is 9.47 Å². The predicted molar refractivity (Wildman–Crippen MR) is 81.7 cm³/mol. The van der Waals surface area contributed by atoms with Gasteiger partial charge in [0.15, 0.2) is 6.29 Å². The Morgan fingerprint density at radius 2 is 1.83 bits per heavy atom. The molecule has 5 nitrogen and oxygen atoms in total. The molecule has 120 valence electrons. The van der Waals surface area contributed by atoms with Gasteiger partial charge >= 0.3 is 0 Å². The Kier molecular flexibility index (Phi) is 4.55. The van der Waals surface area contributed by atoms with Gasteiger partial charge in [0.05, 0.1) is 18.9 Å². The Labute approximate surface area is 132 Å². The van der Waals surface area contributed by atoms with Crippen molar-refractivity contribution in [2.45, 2.75) is 12.7 Å². The van der Waals surface area contributed by atoms with Crippen LogP contribution in [0.3, 0.4) is 0 Å². The molecule has 1 aliphatic rings. The summed E-state index contributed by atoms with van der Waals surface area (Å²) in [6, 6.07) is 9.91. The summed E-state index contributed by atoms with van der Waals surface area (Å²) >= 11 is 0. The van der Waals surface area contributed by atoms with Crippen LogP contribution in [0.25, 0.3) is 0 Å². The predicted octanol–water partition coefficient (Wildman–Crippen LogP) is 3.22. The molecule has 2 aromatic carbocycles. The summed E-state index contributed by atoms with van der Waals surface area (Å²) in [5.41, 5.74) is 1.24. The van der Waals surface area contributed by atoms with Gasteiger partial charge in [-0.3, -0.25) is 4.79 Å². The summed E-state index contributed by atoms with van der Waals surface area (Å²) in [5.74, 6) is -0.930. The van der Waals surface area contributed by atoms with Gasteiger partial charge in [-0.2, -0.15) is 0 Å². The van der Waals surface area contributed by atoms with E-state index in [9.17, 15) is 14.3 Å². The lowest BCUT2D eigenvalue weighted by Crippen LogP contribution is -2.18. The van der Waals surface area contributed by atoms with Crippen molar-refractivity contribution >= 4 is 11.6 Å². The maximum atomic E-state index is 12.9. The molecule has 2 N–H and O–H groups in total. The molecule has 0 spiro atoms. The highest BCUT2D eigenvalue weighted by molar-refractivity contribution is 6.05. The number of ether oxygens (including phenoxy) is 2. The van der Waals surface area contributed by atoms with Crippen molar-refractivity contribution in [1.29, 1.82) is 0 Å². The van der Waals surface area contributed by atoms with Crippen LogP contribution in [0.15, 0.2) is 42.5 Å². The van der Waals surface area contributed by atoms with Gasteiger partial charge in [-0.1, -0.05) is 6.07 Å². The number of rotatable bonds is 3. The first-order valence-corrected chi connectivity index (χ1v) is 7.26. The Bertz CT molecular complexity index is 696. The van der Waals surface area contributed by atoms with Crippen LogP contribution >= 0.6 is 0 Å². The van der Waals surface area contributed by atoms with E-state index in [2.05, 4.69) is 5.32 Å². The molecule has 0 saturated carbocycles. The summed E-state index contributed by atoms with van der Waals surface area (Å²) in [7, 11) is 0. The molecular formula is C17H16FNO4. The van der Waals surface area contributed by atoms with Gasteiger partial charge in [0.25, 0.3) is 5.91 Å². The fourth-order valence-electron chi connectivity index (χ4n) is 2.28. The van der Waals surface area contributed by atoms with Gasteiger partial charge in [0.2, 0.25) is 0 Å². The number of nitrogens with one attached hydrogen (secondary N) is 1. The first-order chi connectivity index (χ1) is 11.1. The fourth-order valence-corrected chi connectivity index (χ4v) is 2.28. The Morgan fingerprint density at radius 3 is 2.52 bits per heavy atom. The summed E-state index contributed by atoms with van der Waals surface area (Å²) in [6.45, 7) is 1.20. The SMILES string of the molecule is O=C(Nc1cc(C2OCCCO2)ccc1O)c1ccc(F)cc1. The molecule has 0 bridgehead atoms. The van der Waals surface area contributed by atoms with Crippen molar-refractivity contribution in [3.63, 3.8) is 0 Å². The zero-order valence-corrected chi connectivity index (χ0v) is 12.3. The standard InChI is InChI=1S/C17H16FNO4/c18-13-5-2-11(3-6-13)16(21)19-14-10-12(4-7-15(14)20)17-22-8-1-9-23-17/h2-7,10,17,20H,1,8-9H2,(H,19,21). The lowest BCUT2D eigenvalue weighted by atomic mass is 10.1. The van der Waals surface area contributed by atoms with E-state index in [0.29, 0.717) is 24.3 Å². The second-order valence-corrected chi connectivity index (χ2v) is 5.16. The maximum Gasteiger partial charge on any atom is 0.255 e. The first-order valence-electron chi connectivity index (χ1n) is 7.26. The molecule has 0 aliphatic carbocycles. The minimum atomic E-state index is -0.508. The number of carbonyl (C=O) groups is 1. The van der Waals surface area contributed by atoms with Gasteiger partial charge in [0, 0.05) is 11.1 Å². The number of carbonyl (C=O) groups excluding carboxylic acids is 1. The molecule has 0 radical (unpaired) electrons. The van der Waals surface area contributed by atoms with Crippen LogP contribution < -0.4 is 5.32 Å². The number of anilines is 1. The fraction of sp³-hybridized carbons (Fsp3) is 0.235. The topological polar surface area (TPSA) is 67.8 Å². The van der Waals surface area contributed by atoms with Gasteiger partial charge in [-0.25, -0.2) is 4.39 Å². The summed E-state index contributed by atoms with van der Waals surface area (Å²) < 4.78 is 23.9. The molecular weight excluding hydrogens is 301 g/mol. The average molecular weight is 317 g/mol. The zero-order valence-electron chi connectivity index (χ0n) is 12.3. The first kappa shape index (κ1) is 15.5. The number of hydrogen-bond acceptors (Lipinski definition) is 4. The number of aromatic hydroxyl groups is 1. The van der Waals surface area contributed by atoms with E-state index in [1.54, 1.807) is 12.1 Å². The van der Waals surface area contributed by atoms with E-state index >= 15 is 0 Å². The number of phenolic OH excluding ortho intramolecular Hbond substituents is 1. The van der Waals surface area contributed by atoms with E-state index in [1.807, 2.05) is 0 Å². The van der Waals surface area contributed by atoms with Crippen molar-refractivity contribution in [1.82, 2.24) is 0 Å². The van der Waals surface area contributed by atoms with Gasteiger partial charge < -0.3 is 19.9 Å². The van der Waals surface area contributed by atoms with Crippen LogP contribution in [0.5, 0.6) is 5.75 Å². The van der Waals surface area contributed by atoms with Gasteiger partial charge in [-0.05, 0) is 42.8 Å². The zero-order chi connectivity index (χ0) is 16.2. The third kappa shape index (κ3) is 3.67. The molecule has 2 aromatic rings. The normalized spacial score (nSPS) is 15.3. The molecule has 1 heterocycles. The minimum absolute atomic E-state index is 0.0694. The van der Waals surface area contributed by atoms with Crippen molar-refractivity contribution in [3.05, 3.63) is 59.4 Å². The number of phenols is 1. The molecule has 6 heteroatoms. The molecule has 0 atom stereocenters. The quantitative estimate of drug-likeness (QED) is 0.853. The molecule has 23 heavy (non-hydrogen) atoms. The largest absolute Gasteiger partial charge is 0.506 e. The Morgan fingerprint density at radius 1 is 1.13 bits per heavy atom. The van der Waals surface area contributed by atoms with Crippen LogP contribution in [0.1, 0.15) is 28.6 Å². The van der Waals surface area contributed by atoms with Crippen molar-refractivity contribution in [2.75, 3.05) is 18.5 Å².